The number of rotatable bonds is 3. The maximum Gasteiger partial charge on any atom is 0.122 e. The Kier molecular flexibility index (Phi) is 3.68. The number of ether oxygens (including phenoxy) is 1. The molecule has 0 spiro atoms. The van der Waals surface area contributed by atoms with Gasteiger partial charge in [0.05, 0.1) is 6.61 Å². The molecular formula is C17H20N2O. The SMILES string of the molecule is CC(C)c1cncnc1CC1COc2ccccc2C1. The third-order valence-electron chi connectivity index (χ3n) is 3.89. The number of para-hydroxylation sites is 1. The van der Waals surface area contributed by atoms with E-state index < -0.39 is 0 Å². The molecule has 3 heteroatoms. The van der Waals surface area contributed by atoms with Crippen LogP contribution in [0.15, 0.2) is 36.8 Å². The lowest BCUT2D eigenvalue weighted by Crippen LogP contribution is -2.23. The van der Waals surface area contributed by atoms with Crippen LogP contribution in [0.3, 0.4) is 0 Å². The van der Waals surface area contributed by atoms with Crippen molar-refractivity contribution in [2.24, 2.45) is 5.92 Å². The van der Waals surface area contributed by atoms with Crippen molar-refractivity contribution >= 4 is 0 Å². The lowest BCUT2D eigenvalue weighted by molar-refractivity contribution is 0.220. The third kappa shape index (κ3) is 2.67. The van der Waals surface area contributed by atoms with Crippen LogP contribution >= 0.6 is 0 Å². The quantitative estimate of drug-likeness (QED) is 0.856. The minimum absolute atomic E-state index is 0.461. The molecule has 1 atom stereocenters. The fraction of sp³-hybridized carbons (Fsp3) is 0.412. The van der Waals surface area contributed by atoms with E-state index in [1.807, 2.05) is 12.3 Å². The van der Waals surface area contributed by atoms with E-state index in [9.17, 15) is 0 Å². The van der Waals surface area contributed by atoms with Crippen molar-refractivity contribution in [3.05, 3.63) is 53.6 Å². The van der Waals surface area contributed by atoms with Gasteiger partial charge in [-0.2, -0.15) is 0 Å². The summed E-state index contributed by atoms with van der Waals surface area (Å²) in [5, 5.41) is 0. The Bertz CT molecular complexity index is 595. The highest BCUT2D eigenvalue weighted by Gasteiger charge is 2.21. The van der Waals surface area contributed by atoms with E-state index in [4.69, 9.17) is 4.74 Å². The number of nitrogens with zero attached hydrogens (tertiary/aromatic N) is 2. The molecule has 0 bridgehead atoms. The molecule has 2 aromatic rings. The number of hydrogen-bond acceptors (Lipinski definition) is 3. The van der Waals surface area contributed by atoms with E-state index >= 15 is 0 Å². The molecule has 2 heterocycles. The van der Waals surface area contributed by atoms with Crippen molar-refractivity contribution in [1.29, 1.82) is 0 Å². The second-order valence-corrected chi connectivity index (χ2v) is 5.77. The van der Waals surface area contributed by atoms with Gasteiger partial charge in [0.1, 0.15) is 12.1 Å². The Morgan fingerprint density at radius 2 is 2.15 bits per heavy atom. The first-order valence-electron chi connectivity index (χ1n) is 7.23. The average molecular weight is 268 g/mol. The first-order chi connectivity index (χ1) is 9.74. The topological polar surface area (TPSA) is 35.0 Å². The minimum atomic E-state index is 0.461. The van der Waals surface area contributed by atoms with Crippen molar-refractivity contribution in [2.75, 3.05) is 6.61 Å². The summed E-state index contributed by atoms with van der Waals surface area (Å²) in [6.45, 7) is 5.16. The fourth-order valence-corrected chi connectivity index (χ4v) is 2.81. The molecule has 1 unspecified atom stereocenters. The molecule has 1 aromatic heterocycles. The molecule has 0 saturated carbocycles. The van der Waals surface area contributed by atoms with E-state index in [0.717, 1.165) is 25.2 Å². The first kappa shape index (κ1) is 13.1. The fourth-order valence-electron chi connectivity index (χ4n) is 2.81. The summed E-state index contributed by atoms with van der Waals surface area (Å²) in [5.41, 5.74) is 3.73. The molecule has 0 N–H and O–H groups in total. The van der Waals surface area contributed by atoms with Crippen LogP contribution < -0.4 is 4.74 Å². The molecule has 0 fully saturated rings. The highest BCUT2D eigenvalue weighted by atomic mass is 16.5. The lowest BCUT2D eigenvalue weighted by atomic mass is 9.90. The van der Waals surface area contributed by atoms with Gasteiger partial charge in [0.2, 0.25) is 0 Å². The average Bonchev–Trinajstić information content (AvgIpc) is 2.47. The molecule has 0 saturated heterocycles. The minimum Gasteiger partial charge on any atom is -0.493 e. The van der Waals surface area contributed by atoms with Crippen LogP contribution in [0.2, 0.25) is 0 Å². The molecule has 1 aliphatic heterocycles. The summed E-state index contributed by atoms with van der Waals surface area (Å²) in [6.07, 6.45) is 5.63. The summed E-state index contributed by atoms with van der Waals surface area (Å²) >= 11 is 0. The Morgan fingerprint density at radius 3 is 3.00 bits per heavy atom. The molecule has 0 aliphatic carbocycles. The van der Waals surface area contributed by atoms with Crippen molar-refractivity contribution in [3.63, 3.8) is 0 Å². The second-order valence-electron chi connectivity index (χ2n) is 5.77. The van der Waals surface area contributed by atoms with Crippen molar-refractivity contribution in [2.45, 2.75) is 32.6 Å². The Morgan fingerprint density at radius 1 is 1.30 bits per heavy atom. The summed E-state index contributed by atoms with van der Waals surface area (Å²) in [4.78, 5) is 8.64. The molecular weight excluding hydrogens is 248 g/mol. The van der Waals surface area contributed by atoms with Gasteiger partial charge >= 0.3 is 0 Å². The highest BCUT2D eigenvalue weighted by molar-refractivity contribution is 5.35. The highest BCUT2D eigenvalue weighted by Crippen LogP contribution is 2.29. The number of aromatic nitrogens is 2. The van der Waals surface area contributed by atoms with E-state index in [-0.39, 0.29) is 0 Å². The zero-order valence-corrected chi connectivity index (χ0v) is 12.0. The Labute approximate surface area is 120 Å². The second kappa shape index (κ2) is 5.61. The van der Waals surface area contributed by atoms with E-state index in [2.05, 4.69) is 42.0 Å². The third-order valence-corrected chi connectivity index (χ3v) is 3.89. The molecule has 20 heavy (non-hydrogen) atoms. The van der Waals surface area contributed by atoms with Gasteiger partial charge in [-0.25, -0.2) is 9.97 Å². The van der Waals surface area contributed by atoms with Gasteiger partial charge in [-0.05, 0) is 36.0 Å². The Balaban J connectivity index is 1.77. The van der Waals surface area contributed by atoms with Crippen LogP contribution in [0, 0.1) is 5.92 Å². The normalized spacial score (nSPS) is 17.6. The molecule has 3 rings (SSSR count). The smallest absolute Gasteiger partial charge is 0.122 e. The summed E-state index contributed by atoms with van der Waals surface area (Å²) in [7, 11) is 0. The standard InChI is InChI=1S/C17H20N2O/c1-12(2)15-9-18-11-19-16(15)8-13-7-14-5-3-4-6-17(14)20-10-13/h3-6,9,11-13H,7-8,10H2,1-2H3. The van der Waals surface area contributed by atoms with Crippen LogP contribution in [0.25, 0.3) is 0 Å². The van der Waals surface area contributed by atoms with Crippen molar-refractivity contribution < 1.29 is 4.74 Å². The molecule has 1 aromatic carbocycles. The van der Waals surface area contributed by atoms with Gasteiger partial charge in [-0.15, -0.1) is 0 Å². The zero-order chi connectivity index (χ0) is 13.9. The predicted octanol–water partition coefficient (Wildman–Crippen LogP) is 3.39. The van der Waals surface area contributed by atoms with E-state index in [1.165, 1.54) is 16.8 Å². The van der Waals surface area contributed by atoms with Crippen LogP contribution in [0.1, 0.15) is 36.6 Å². The Hall–Kier alpha value is -1.90. The molecule has 104 valence electrons. The number of hydrogen-bond donors (Lipinski definition) is 0. The predicted molar refractivity (Wildman–Crippen MR) is 79.0 cm³/mol. The summed E-state index contributed by atoms with van der Waals surface area (Å²) in [6, 6.07) is 8.32. The number of fused-ring (bicyclic) bond motifs is 1. The maximum absolute atomic E-state index is 5.87. The molecule has 0 radical (unpaired) electrons. The van der Waals surface area contributed by atoms with Gasteiger partial charge < -0.3 is 4.74 Å². The van der Waals surface area contributed by atoms with Crippen LogP contribution in [0.4, 0.5) is 0 Å². The van der Waals surface area contributed by atoms with Gasteiger partial charge in [-0.1, -0.05) is 32.0 Å². The van der Waals surface area contributed by atoms with Crippen LogP contribution in [-0.4, -0.2) is 16.6 Å². The number of benzene rings is 1. The molecule has 3 nitrogen and oxygen atoms in total. The first-order valence-corrected chi connectivity index (χ1v) is 7.23. The van der Waals surface area contributed by atoms with Crippen molar-refractivity contribution in [3.8, 4) is 5.75 Å². The van der Waals surface area contributed by atoms with Gasteiger partial charge in [0.15, 0.2) is 0 Å². The maximum atomic E-state index is 5.87. The van der Waals surface area contributed by atoms with Crippen LogP contribution in [-0.2, 0) is 12.8 Å². The summed E-state index contributed by atoms with van der Waals surface area (Å²) in [5.74, 6) is 2.00. The monoisotopic (exact) mass is 268 g/mol. The van der Waals surface area contributed by atoms with E-state index in [1.54, 1.807) is 6.33 Å². The van der Waals surface area contributed by atoms with Gasteiger partial charge in [0, 0.05) is 17.8 Å². The van der Waals surface area contributed by atoms with E-state index in [0.29, 0.717) is 11.8 Å². The van der Waals surface area contributed by atoms with Crippen molar-refractivity contribution in [1.82, 2.24) is 9.97 Å². The summed E-state index contributed by atoms with van der Waals surface area (Å²) < 4.78 is 5.87. The zero-order valence-electron chi connectivity index (χ0n) is 12.0. The molecule has 0 amide bonds. The van der Waals surface area contributed by atoms with Gasteiger partial charge in [-0.3, -0.25) is 0 Å². The largest absolute Gasteiger partial charge is 0.493 e. The lowest BCUT2D eigenvalue weighted by Gasteiger charge is -2.25. The van der Waals surface area contributed by atoms with Crippen LogP contribution in [0.5, 0.6) is 5.75 Å². The molecule has 1 aliphatic rings. The van der Waals surface area contributed by atoms with Gasteiger partial charge in [0.25, 0.3) is 0 Å².